The molecule has 0 bridgehead atoms. The molecule has 1 aliphatic rings. The van der Waals surface area contributed by atoms with E-state index in [0.717, 1.165) is 18.3 Å². The van der Waals surface area contributed by atoms with Crippen LogP contribution in [0.5, 0.6) is 5.75 Å². The minimum atomic E-state index is 0.495. The van der Waals surface area contributed by atoms with Gasteiger partial charge in [0.1, 0.15) is 12.4 Å². The summed E-state index contributed by atoms with van der Waals surface area (Å²) in [6.07, 6.45) is 5.46. The second kappa shape index (κ2) is 6.24. The molecule has 18 heavy (non-hydrogen) atoms. The lowest BCUT2D eigenvalue weighted by Gasteiger charge is -2.23. The van der Waals surface area contributed by atoms with Crippen LogP contribution in [0.15, 0.2) is 18.2 Å². The zero-order valence-corrected chi connectivity index (χ0v) is 11.8. The molecule has 2 rings (SSSR count). The van der Waals surface area contributed by atoms with Gasteiger partial charge >= 0.3 is 0 Å². The number of likely N-dealkylation sites (N-methyl/N-ethyl adjacent to an activating group) is 1. The lowest BCUT2D eigenvalue weighted by atomic mass is 9.99. The third-order valence-corrected chi connectivity index (χ3v) is 4.25. The molecular formula is C16H25NO. The quantitative estimate of drug-likeness (QED) is 0.860. The highest BCUT2D eigenvalue weighted by Crippen LogP contribution is 2.28. The molecule has 1 unspecified atom stereocenters. The van der Waals surface area contributed by atoms with Crippen LogP contribution in [-0.2, 0) is 0 Å². The highest BCUT2D eigenvalue weighted by atomic mass is 16.5. The molecule has 1 fully saturated rings. The van der Waals surface area contributed by atoms with E-state index in [1.165, 1.54) is 36.8 Å². The highest BCUT2D eigenvalue weighted by Gasteiger charge is 2.24. The van der Waals surface area contributed by atoms with Crippen molar-refractivity contribution in [1.82, 2.24) is 5.32 Å². The van der Waals surface area contributed by atoms with Crippen molar-refractivity contribution in [2.45, 2.75) is 45.6 Å². The van der Waals surface area contributed by atoms with E-state index >= 15 is 0 Å². The Balaban J connectivity index is 1.90. The predicted molar refractivity (Wildman–Crippen MR) is 76.2 cm³/mol. The average molecular weight is 247 g/mol. The van der Waals surface area contributed by atoms with Gasteiger partial charge in [-0.25, -0.2) is 0 Å². The van der Waals surface area contributed by atoms with Gasteiger partial charge in [-0.1, -0.05) is 18.9 Å². The van der Waals surface area contributed by atoms with Crippen LogP contribution in [-0.4, -0.2) is 19.7 Å². The van der Waals surface area contributed by atoms with Crippen molar-refractivity contribution >= 4 is 0 Å². The van der Waals surface area contributed by atoms with Crippen LogP contribution >= 0.6 is 0 Å². The summed E-state index contributed by atoms with van der Waals surface area (Å²) in [5, 5.41) is 3.42. The van der Waals surface area contributed by atoms with E-state index in [9.17, 15) is 0 Å². The molecule has 0 saturated heterocycles. The minimum absolute atomic E-state index is 0.495. The minimum Gasteiger partial charge on any atom is -0.492 e. The summed E-state index contributed by atoms with van der Waals surface area (Å²) in [5.41, 5.74) is 2.62. The van der Waals surface area contributed by atoms with Crippen LogP contribution in [0.4, 0.5) is 0 Å². The lowest BCUT2D eigenvalue weighted by Crippen LogP contribution is -2.37. The zero-order chi connectivity index (χ0) is 13.0. The fourth-order valence-corrected chi connectivity index (χ4v) is 2.80. The summed E-state index contributed by atoms with van der Waals surface area (Å²) < 4.78 is 5.94. The number of hydrogen-bond acceptors (Lipinski definition) is 2. The molecule has 1 aromatic rings. The van der Waals surface area contributed by atoms with E-state index in [1.807, 2.05) is 7.05 Å². The smallest absolute Gasteiger partial charge is 0.119 e. The first-order valence-corrected chi connectivity index (χ1v) is 7.08. The van der Waals surface area contributed by atoms with Crippen LogP contribution in [0.1, 0.15) is 36.8 Å². The maximum Gasteiger partial charge on any atom is 0.119 e. The SMILES string of the molecule is CNC(COc1ccc(C)c(C)c1)C1CCCC1. The summed E-state index contributed by atoms with van der Waals surface area (Å²) in [4.78, 5) is 0. The van der Waals surface area contributed by atoms with Crippen molar-refractivity contribution in [3.63, 3.8) is 0 Å². The third-order valence-electron chi connectivity index (χ3n) is 4.25. The van der Waals surface area contributed by atoms with Crippen molar-refractivity contribution in [2.24, 2.45) is 5.92 Å². The Morgan fingerprint density at radius 2 is 1.94 bits per heavy atom. The Kier molecular flexibility index (Phi) is 4.65. The third kappa shape index (κ3) is 3.26. The molecule has 0 aromatic heterocycles. The molecule has 2 heteroatoms. The van der Waals surface area contributed by atoms with Gasteiger partial charge in [-0.3, -0.25) is 0 Å². The fourth-order valence-electron chi connectivity index (χ4n) is 2.80. The summed E-state index contributed by atoms with van der Waals surface area (Å²) in [6, 6.07) is 6.84. The van der Waals surface area contributed by atoms with Crippen LogP contribution in [0, 0.1) is 19.8 Å². The molecule has 1 N–H and O–H groups in total. The van der Waals surface area contributed by atoms with Crippen LogP contribution in [0.3, 0.4) is 0 Å². The Hall–Kier alpha value is -1.02. The standard InChI is InChI=1S/C16H25NO/c1-12-8-9-15(10-13(12)2)18-11-16(17-3)14-6-4-5-7-14/h8-10,14,16-17H,4-7,11H2,1-3H3. The summed E-state index contributed by atoms with van der Waals surface area (Å²) in [7, 11) is 2.05. The number of hydrogen-bond donors (Lipinski definition) is 1. The van der Waals surface area contributed by atoms with Gasteiger partial charge in [0.05, 0.1) is 0 Å². The van der Waals surface area contributed by atoms with Gasteiger partial charge in [0.15, 0.2) is 0 Å². The van der Waals surface area contributed by atoms with Gasteiger partial charge in [-0.05, 0) is 62.9 Å². The first-order valence-electron chi connectivity index (χ1n) is 7.08. The Labute approximate surface area is 111 Å². The predicted octanol–water partition coefficient (Wildman–Crippen LogP) is 3.46. The average Bonchev–Trinajstić information content (AvgIpc) is 2.88. The summed E-state index contributed by atoms with van der Waals surface area (Å²) >= 11 is 0. The molecule has 1 atom stereocenters. The Morgan fingerprint density at radius 1 is 1.22 bits per heavy atom. The van der Waals surface area contributed by atoms with Crippen molar-refractivity contribution < 1.29 is 4.74 Å². The highest BCUT2D eigenvalue weighted by molar-refractivity contribution is 5.33. The van der Waals surface area contributed by atoms with E-state index < -0.39 is 0 Å². The Morgan fingerprint density at radius 3 is 2.56 bits per heavy atom. The van der Waals surface area contributed by atoms with E-state index in [4.69, 9.17) is 4.74 Å². The molecule has 1 aliphatic carbocycles. The van der Waals surface area contributed by atoms with Crippen molar-refractivity contribution in [3.05, 3.63) is 29.3 Å². The van der Waals surface area contributed by atoms with Crippen LogP contribution in [0.2, 0.25) is 0 Å². The Bertz CT molecular complexity index is 383. The van der Waals surface area contributed by atoms with E-state index in [2.05, 4.69) is 37.4 Å². The number of aryl methyl sites for hydroxylation is 2. The van der Waals surface area contributed by atoms with E-state index in [1.54, 1.807) is 0 Å². The first-order chi connectivity index (χ1) is 8.70. The second-order valence-electron chi connectivity index (χ2n) is 5.50. The fraction of sp³-hybridized carbons (Fsp3) is 0.625. The van der Waals surface area contributed by atoms with Gasteiger partial charge in [0.25, 0.3) is 0 Å². The van der Waals surface area contributed by atoms with Crippen molar-refractivity contribution in [1.29, 1.82) is 0 Å². The molecule has 1 aromatic carbocycles. The zero-order valence-electron chi connectivity index (χ0n) is 11.8. The number of rotatable bonds is 5. The molecular weight excluding hydrogens is 222 g/mol. The number of ether oxygens (including phenoxy) is 1. The van der Waals surface area contributed by atoms with Crippen LogP contribution in [0.25, 0.3) is 0 Å². The molecule has 0 heterocycles. The van der Waals surface area contributed by atoms with Gasteiger partial charge in [0.2, 0.25) is 0 Å². The van der Waals surface area contributed by atoms with Crippen molar-refractivity contribution in [3.8, 4) is 5.75 Å². The largest absolute Gasteiger partial charge is 0.492 e. The van der Waals surface area contributed by atoms with E-state index in [-0.39, 0.29) is 0 Å². The normalized spacial score (nSPS) is 17.9. The molecule has 1 saturated carbocycles. The topological polar surface area (TPSA) is 21.3 Å². The molecule has 0 aliphatic heterocycles. The van der Waals surface area contributed by atoms with Gasteiger partial charge in [-0.2, -0.15) is 0 Å². The monoisotopic (exact) mass is 247 g/mol. The maximum absolute atomic E-state index is 5.94. The van der Waals surface area contributed by atoms with Gasteiger partial charge < -0.3 is 10.1 Å². The van der Waals surface area contributed by atoms with Crippen LogP contribution < -0.4 is 10.1 Å². The number of benzene rings is 1. The summed E-state index contributed by atoms with van der Waals surface area (Å²) in [6.45, 7) is 5.05. The second-order valence-corrected chi connectivity index (χ2v) is 5.50. The summed E-state index contributed by atoms with van der Waals surface area (Å²) in [5.74, 6) is 1.79. The van der Waals surface area contributed by atoms with Crippen molar-refractivity contribution in [2.75, 3.05) is 13.7 Å². The van der Waals surface area contributed by atoms with E-state index in [0.29, 0.717) is 6.04 Å². The molecule has 0 radical (unpaired) electrons. The molecule has 0 amide bonds. The first kappa shape index (κ1) is 13.4. The lowest BCUT2D eigenvalue weighted by molar-refractivity contribution is 0.225. The molecule has 100 valence electrons. The maximum atomic E-state index is 5.94. The molecule has 0 spiro atoms. The number of nitrogens with one attached hydrogen (secondary N) is 1. The molecule has 2 nitrogen and oxygen atoms in total. The van der Waals surface area contributed by atoms with Gasteiger partial charge in [0, 0.05) is 6.04 Å². The van der Waals surface area contributed by atoms with Gasteiger partial charge in [-0.15, -0.1) is 0 Å².